The predicted octanol–water partition coefficient (Wildman–Crippen LogP) is 2.79. The van der Waals surface area contributed by atoms with E-state index in [1.165, 1.54) is 0 Å². The fourth-order valence-electron chi connectivity index (χ4n) is 3.16. The molecule has 0 bridgehead atoms. The molecule has 5 heteroatoms. The number of rotatable bonds is 6. The molecule has 0 unspecified atom stereocenters. The molecule has 0 saturated carbocycles. The van der Waals surface area contributed by atoms with E-state index in [-0.39, 0.29) is 29.7 Å². The van der Waals surface area contributed by atoms with E-state index in [9.17, 15) is 9.59 Å². The van der Waals surface area contributed by atoms with Crippen LogP contribution < -0.4 is 10.6 Å². The Morgan fingerprint density at radius 2 is 1.62 bits per heavy atom. The molecule has 3 rings (SSSR count). The van der Waals surface area contributed by atoms with Gasteiger partial charge in [0, 0.05) is 18.4 Å². The van der Waals surface area contributed by atoms with Crippen molar-refractivity contribution in [2.75, 3.05) is 6.54 Å². The molecule has 1 aromatic rings. The molecule has 5 nitrogen and oxygen atoms in total. The Morgan fingerprint density at radius 3 is 2.17 bits per heavy atom. The van der Waals surface area contributed by atoms with Gasteiger partial charge in [0.2, 0.25) is 11.8 Å². The van der Waals surface area contributed by atoms with Gasteiger partial charge in [-0.05, 0) is 44.7 Å². The van der Waals surface area contributed by atoms with Crippen LogP contribution in [0.3, 0.4) is 0 Å². The lowest BCUT2D eigenvalue weighted by Gasteiger charge is -2.21. The second-order valence-electron chi connectivity index (χ2n) is 6.53. The number of nitrogens with one attached hydrogen (secondary N) is 2. The minimum absolute atomic E-state index is 0.0100. The van der Waals surface area contributed by atoms with E-state index in [4.69, 9.17) is 4.42 Å². The zero-order valence-electron chi connectivity index (χ0n) is 14.0. The van der Waals surface area contributed by atoms with Crippen LogP contribution in [0.5, 0.6) is 0 Å². The van der Waals surface area contributed by atoms with Crippen molar-refractivity contribution in [3.05, 3.63) is 48.0 Å². The second-order valence-corrected chi connectivity index (χ2v) is 6.53. The molecule has 0 aliphatic heterocycles. The Morgan fingerprint density at radius 1 is 1.04 bits per heavy atom. The number of carbonyl (C=O) groups excluding carboxylic acids is 2. The average molecular weight is 328 g/mol. The van der Waals surface area contributed by atoms with Crippen LogP contribution in [0.1, 0.15) is 43.2 Å². The third-order valence-electron chi connectivity index (χ3n) is 4.66. The van der Waals surface area contributed by atoms with Crippen LogP contribution in [0.15, 0.2) is 40.9 Å². The molecular formula is C19H24N2O3. The number of hydrogen-bond donors (Lipinski definition) is 2. The quantitative estimate of drug-likeness (QED) is 0.789. The maximum atomic E-state index is 12.4. The van der Waals surface area contributed by atoms with Crippen molar-refractivity contribution < 1.29 is 14.0 Å². The molecule has 128 valence electrons. The first kappa shape index (κ1) is 16.6. The smallest absolute Gasteiger partial charge is 0.224 e. The predicted molar refractivity (Wildman–Crippen MR) is 91.1 cm³/mol. The number of allylic oxidation sites excluding steroid dienone is 4. The van der Waals surface area contributed by atoms with E-state index in [0.717, 1.165) is 31.4 Å². The topological polar surface area (TPSA) is 71.3 Å². The van der Waals surface area contributed by atoms with Gasteiger partial charge in [-0.3, -0.25) is 9.59 Å². The lowest BCUT2D eigenvalue weighted by molar-refractivity contribution is -0.127. The van der Waals surface area contributed by atoms with E-state index < -0.39 is 0 Å². The van der Waals surface area contributed by atoms with Crippen LogP contribution in [-0.2, 0) is 9.59 Å². The Labute approximate surface area is 142 Å². The van der Waals surface area contributed by atoms with Crippen LogP contribution in [0.2, 0.25) is 0 Å². The molecule has 1 aromatic heterocycles. The first-order valence-corrected chi connectivity index (χ1v) is 8.58. The Kier molecular flexibility index (Phi) is 5.18. The fourth-order valence-corrected chi connectivity index (χ4v) is 3.16. The van der Waals surface area contributed by atoms with Crippen LogP contribution in [-0.4, -0.2) is 18.4 Å². The molecule has 0 saturated heterocycles. The van der Waals surface area contributed by atoms with Gasteiger partial charge in [0.1, 0.15) is 17.6 Å². The Hall–Kier alpha value is -2.30. The van der Waals surface area contributed by atoms with Crippen molar-refractivity contribution in [2.24, 2.45) is 11.8 Å². The molecule has 2 aliphatic rings. The van der Waals surface area contributed by atoms with Crippen LogP contribution in [0.25, 0.3) is 0 Å². The summed E-state index contributed by atoms with van der Waals surface area (Å²) in [5.41, 5.74) is 0. The van der Waals surface area contributed by atoms with Crippen molar-refractivity contribution in [1.29, 1.82) is 0 Å². The molecule has 24 heavy (non-hydrogen) atoms. The first-order chi connectivity index (χ1) is 11.6. The van der Waals surface area contributed by atoms with Crippen LogP contribution >= 0.6 is 0 Å². The lowest BCUT2D eigenvalue weighted by atomic mass is 10.0. The maximum Gasteiger partial charge on any atom is 0.224 e. The zero-order chi connectivity index (χ0) is 16.9. The molecule has 0 aromatic carbocycles. The van der Waals surface area contributed by atoms with Gasteiger partial charge in [0.05, 0.1) is 0 Å². The number of carbonyl (C=O) groups is 2. The van der Waals surface area contributed by atoms with Gasteiger partial charge < -0.3 is 15.1 Å². The number of amides is 2. The summed E-state index contributed by atoms with van der Waals surface area (Å²) in [6, 6.07) is 3.38. The molecule has 2 aliphatic carbocycles. The molecular weight excluding hydrogens is 304 g/mol. The van der Waals surface area contributed by atoms with Gasteiger partial charge in [-0.2, -0.15) is 0 Å². The SMILES string of the molecule is Cc1ccc([C@@H](CNC(=O)C2CC=CC2)NC(=O)C2CC=CC2)o1. The molecule has 1 atom stereocenters. The number of hydrogen-bond acceptors (Lipinski definition) is 3. The third-order valence-corrected chi connectivity index (χ3v) is 4.66. The summed E-state index contributed by atoms with van der Waals surface area (Å²) in [4.78, 5) is 24.6. The minimum atomic E-state index is -0.342. The Balaban J connectivity index is 1.61. The van der Waals surface area contributed by atoms with Gasteiger partial charge in [0.15, 0.2) is 0 Å². The number of furan rings is 1. The minimum Gasteiger partial charge on any atom is -0.464 e. The van der Waals surface area contributed by atoms with Crippen molar-refractivity contribution in [1.82, 2.24) is 10.6 Å². The van der Waals surface area contributed by atoms with Gasteiger partial charge >= 0.3 is 0 Å². The standard InChI is InChI=1S/C19H24N2O3/c1-13-10-11-17(24-13)16(21-19(23)15-8-4-5-9-15)12-20-18(22)14-6-2-3-7-14/h2-5,10-11,14-16H,6-9,12H2,1H3,(H,20,22)(H,21,23)/t16-/m1/s1. The largest absolute Gasteiger partial charge is 0.464 e. The van der Waals surface area contributed by atoms with Crippen molar-refractivity contribution in [3.63, 3.8) is 0 Å². The summed E-state index contributed by atoms with van der Waals surface area (Å²) in [5, 5.41) is 5.99. The molecule has 0 fully saturated rings. The fraction of sp³-hybridized carbons (Fsp3) is 0.474. The highest BCUT2D eigenvalue weighted by atomic mass is 16.3. The van der Waals surface area contributed by atoms with Gasteiger partial charge in [-0.25, -0.2) is 0 Å². The first-order valence-electron chi connectivity index (χ1n) is 8.58. The van der Waals surface area contributed by atoms with Crippen molar-refractivity contribution in [3.8, 4) is 0 Å². The monoisotopic (exact) mass is 328 g/mol. The third kappa shape index (κ3) is 3.96. The summed E-state index contributed by atoms with van der Waals surface area (Å²) >= 11 is 0. The highest BCUT2D eigenvalue weighted by Gasteiger charge is 2.26. The summed E-state index contributed by atoms with van der Waals surface area (Å²) in [6.07, 6.45) is 11.3. The summed E-state index contributed by atoms with van der Waals surface area (Å²) in [7, 11) is 0. The van der Waals surface area contributed by atoms with Gasteiger partial charge in [-0.1, -0.05) is 24.3 Å². The van der Waals surface area contributed by atoms with E-state index >= 15 is 0 Å². The Bertz CT molecular complexity index is 643. The van der Waals surface area contributed by atoms with Gasteiger partial charge in [-0.15, -0.1) is 0 Å². The lowest BCUT2D eigenvalue weighted by Crippen LogP contribution is -2.41. The molecule has 0 spiro atoms. The zero-order valence-corrected chi connectivity index (χ0v) is 14.0. The normalized spacial score (nSPS) is 18.9. The highest BCUT2D eigenvalue weighted by Crippen LogP contribution is 2.22. The molecule has 2 amide bonds. The summed E-state index contributed by atoms with van der Waals surface area (Å²) < 4.78 is 5.67. The van der Waals surface area contributed by atoms with E-state index in [1.807, 2.05) is 43.4 Å². The summed E-state index contributed by atoms with van der Waals surface area (Å²) in [6.45, 7) is 2.21. The van der Waals surface area contributed by atoms with Crippen LogP contribution in [0, 0.1) is 18.8 Å². The maximum absolute atomic E-state index is 12.4. The molecule has 2 N–H and O–H groups in total. The van der Waals surface area contributed by atoms with Crippen LogP contribution in [0.4, 0.5) is 0 Å². The molecule has 1 heterocycles. The molecule has 0 radical (unpaired) electrons. The summed E-state index contributed by atoms with van der Waals surface area (Å²) in [5.74, 6) is 1.51. The van der Waals surface area contributed by atoms with E-state index in [0.29, 0.717) is 12.3 Å². The average Bonchev–Trinajstić information content (AvgIpc) is 3.32. The van der Waals surface area contributed by atoms with Gasteiger partial charge in [0.25, 0.3) is 0 Å². The highest BCUT2D eigenvalue weighted by molar-refractivity contribution is 5.81. The second kappa shape index (κ2) is 7.51. The number of aryl methyl sites for hydroxylation is 1. The van der Waals surface area contributed by atoms with E-state index in [1.54, 1.807) is 0 Å². The van der Waals surface area contributed by atoms with Crippen molar-refractivity contribution >= 4 is 11.8 Å². The van der Waals surface area contributed by atoms with Crippen molar-refractivity contribution in [2.45, 2.75) is 38.6 Å². The van der Waals surface area contributed by atoms with E-state index in [2.05, 4.69) is 10.6 Å².